The van der Waals surface area contributed by atoms with E-state index in [0.29, 0.717) is 28.5 Å². The summed E-state index contributed by atoms with van der Waals surface area (Å²) in [5.74, 6) is 4.83. The molecule has 4 bridgehead atoms. The summed E-state index contributed by atoms with van der Waals surface area (Å²) in [4.78, 5) is 15.4. The van der Waals surface area contributed by atoms with E-state index in [-0.39, 0.29) is 5.92 Å². The van der Waals surface area contributed by atoms with Gasteiger partial charge in [-0.3, -0.25) is 0 Å². The van der Waals surface area contributed by atoms with E-state index in [1.165, 1.54) is 66.3 Å². The number of rotatable bonds is 6. The lowest BCUT2D eigenvalue weighted by Gasteiger charge is -2.57. The topological polar surface area (TPSA) is 62.5 Å². The molecule has 0 radical (unpaired) electrons. The Hall–Kier alpha value is -6.18. The van der Waals surface area contributed by atoms with E-state index in [0.717, 1.165) is 45.6 Å². The first-order valence-corrected chi connectivity index (χ1v) is 19.9. The zero-order chi connectivity index (χ0) is 36.5. The molecule has 0 saturated heterocycles. The van der Waals surface area contributed by atoms with Crippen LogP contribution in [-0.4, -0.2) is 15.0 Å². The van der Waals surface area contributed by atoms with E-state index in [4.69, 9.17) is 15.0 Å². The quantitative estimate of drug-likeness (QED) is 0.172. The predicted molar refractivity (Wildman–Crippen MR) is 219 cm³/mol. The molecule has 4 fully saturated rings. The predicted octanol–water partition coefficient (Wildman–Crippen LogP) is 12.0. The third-order valence-electron chi connectivity index (χ3n) is 13.2. The van der Waals surface area contributed by atoms with Gasteiger partial charge in [0.1, 0.15) is 0 Å². The highest BCUT2D eigenvalue weighted by molar-refractivity contribution is 5.83. The second-order valence-corrected chi connectivity index (χ2v) is 16.5. The van der Waals surface area contributed by atoms with Crippen molar-refractivity contribution in [2.45, 2.75) is 49.9 Å². The highest BCUT2D eigenvalue weighted by Crippen LogP contribution is 2.61. The molecular weight excluding hydrogens is 669 g/mol. The van der Waals surface area contributed by atoms with Crippen LogP contribution in [0.4, 0.5) is 0 Å². The molecule has 1 heterocycles. The second kappa shape index (κ2) is 12.7. The number of nitriles is 1. The lowest BCUT2D eigenvalue weighted by molar-refractivity contribution is -0.00518. The van der Waals surface area contributed by atoms with E-state index in [9.17, 15) is 5.26 Å². The minimum Gasteiger partial charge on any atom is -0.208 e. The summed E-state index contributed by atoms with van der Waals surface area (Å²) in [5.41, 5.74) is 13.8. The lowest BCUT2D eigenvalue weighted by atomic mass is 9.48. The van der Waals surface area contributed by atoms with E-state index in [1.807, 2.05) is 30.3 Å². The molecule has 0 amide bonds. The van der Waals surface area contributed by atoms with E-state index in [2.05, 4.69) is 121 Å². The van der Waals surface area contributed by atoms with Crippen molar-refractivity contribution in [2.24, 2.45) is 17.8 Å². The molecular formula is C51H40N4. The lowest BCUT2D eigenvalue weighted by Crippen LogP contribution is -2.48. The van der Waals surface area contributed by atoms with Crippen LogP contribution in [-0.2, 0) is 5.41 Å². The number of benzene rings is 6. The molecule has 264 valence electrons. The summed E-state index contributed by atoms with van der Waals surface area (Å²) in [6.07, 6.45) is 8.50. The van der Waals surface area contributed by atoms with Gasteiger partial charge in [0.15, 0.2) is 17.5 Å². The molecule has 0 N–H and O–H groups in total. The monoisotopic (exact) mass is 708 g/mol. The van der Waals surface area contributed by atoms with Crippen LogP contribution >= 0.6 is 0 Å². The first-order chi connectivity index (χ1) is 27.1. The van der Waals surface area contributed by atoms with Crippen molar-refractivity contribution in [2.75, 3.05) is 0 Å². The molecule has 5 aliphatic carbocycles. The van der Waals surface area contributed by atoms with Gasteiger partial charge >= 0.3 is 0 Å². The Morgan fingerprint density at radius 2 is 1.02 bits per heavy atom. The van der Waals surface area contributed by atoms with Crippen molar-refractivity contribution in [1.82, 2.24) is 15.0 Å². The minimum absolute atomic E-state index is 0.0861. The van der Waals surface area contributed by atoms with Gasteiger partial charge in [0.25, 0.3) is 0 Å². The maximum Gasteiger partial charge on any atom is 0.164 e. The Morgan fingerprint density at radius 1 is 0.473 bits per heavy atom. The Kier molecular flexibility index (Phi) is 7.46. The first kappa shape index (κ1) is 32.3. The third kappa shape index (κ3) is 5.44. The summed E-state index contributed by atoms with van der Waals surface area (Å²) < 4.78 is 0. The maximum atomic E-state index is 9.62. The fourth-order valence-corrected chi connectivity index (χ4v) is 11.2. The van der Waals surface area contributed by atoms with Crippen molar-refractivity contribution < 1.29 is 0 Å². The van der Waals surface area contributed by atoms with Crippen LogP contribution in [0.25, 0.3) is 56.4 Å². The molecule has 1 atom stereocenters. The van der Waals surface area contributed by atoms with Crippen molar-refractivity contribution in [3.63, 3.8) is 0 Å². The molecule has 5 aliphatic rings. The van der Waals surface area contributed by atoms with Crippen molar-refractivity contribution in [3.8, 4) is 62.5 Å². The van der Waals surface area contributed by atoms with Crippen molar-refractivity contribution in [3.05, 3.63) is 173 Å². The summed E-state index contributed by atoms with van der Waals surface area (Å²) in [5, 5.41) is 9.62. The fraction of sp³-hybridized carbons (Fsp3) is 0.216. The number of nitrogens with zero attached hydrogens (tertiary/aromatic N) is 4. The van der Waals surface area contributed by atoms with E-state index >= 15 is 0 Å². The SMILES string of the molecule is N#Cc1ccc2c(c1)-c1ccccc1C2c1ccc(-c2nc(-c3ccccc3)nc(-c3ccccc3-c3ccc(C45C[C@H]6C[C@@H](C4)C[C@@H](C5)C6)cc3)n2)cc1. The van der Waals surface area contributed by atoms with E-state index < -0.39 is 0 Å². The highest BCUT2D eigenvalue weighted by Gasteiger charge is 2.51. The van der Waals surface area contributed by atoms with Crippen molar-refractivity contribution >= 4 is 0 Å². The fourth-order valence-electron chi connectivity index (χ4n) is 11.2. The van der Waals surface area contributed by atoms with Crippen molar-refractivity contribution in [1.29, 1.82) is 5.26 Å². The average molecular weight is 709 g/mol. The van der Waals surface area contributed by atoms with Gasteiger partial charge in [-0.15, -0.1) is 0 Å². The van der Waals surface area contributed by atoms with Crippen LogP contribution in [0.1, 0.15) is 72.3 Å². The first-order valence-electron chi connectivity index (χ1n) is 19.9. The number of hydrogen-bond donors (Lipinski definition) is 0. The second-order valence-electron chi connectivity index (χ2n) is 16.5. The van der Waals surface area contributed by atoms with Gasteiger partial charge in [0, 0.05) is 22.6 Å². The smallest absolute Gasteiger partial charge is 0.164 e. The zero-order valence-electron chi connectivity index (χ0n) is 30.7. The van der Waals surface area contributed by atoms with Gasteiger partial charge in [0.2, 0.25) is 0 Å². The van der Waals surface area contributed by atoms with Gasteiger partial charge in [-0.05, 0) is 118 Å². The van der Waals surface area contributed by atoms with Gasteiger partial charge in [-0.1, -0.05) is 133 Å². The molecule has 12 rings (SSSR count). The van der Waals surface area contributed by atoms with Gasteiger partial charge in [0.05, 0.1) is 11.6 Å². The molecule has 1 unspecified atom stereocenters. The zero-order valence-corrected chi connectivity index (χ0v) is 30.7. The van der Waals surface area contributed by atoms with E-state index in [1.54, 1.807) is 5.56 Å². The van der Waals surface area contributed by atoms with Gasteiger partial charge in [-0.2, -0.15) is 5.26 Å². The Labute approximate surface area is 322 Å². The Bertz CT molecular complexity index is 2600. The van der Waals surface area contributed by atoms with Crippen LogP contribution in [0.2, 0.25) is 0 Å². The third-order valence-corrected chi connectivity index (χ3v) is 13.2. The molecule has 4 heteroatoms. The summed E-state index contributed by atoms with van der Waals surface area (Å²) in [7, 11) is 0. The summed E-state index contributed by atoms with van der Waals surface area (Å²) in [6, 6.07) is 53.9. The number of fused-ring (bicyclic) bond motifs is 3. The maximum absolute atomic E-state index is 9.62. The Balaban J connectivity index is 0.968. The van der Waals surface area contributed by atoms with Gasteiger partial charge in [-0.25, -0.2) is 15.0 Å². The van der Waals surface area contributed by atoms with Crippen LogP contribution in [0.3, 0.4) is 0 Å². The normalized spacial score (nSPS) is 22.9. The molecule has 4 saturated carbocycles. The van der Waals surface area contributed by atoms with Crippen LogP contribution < -0.4 is 0 Å². The number of hydrogen-bond acceptors (Lipinski definition) is 4. The molecule has 0 spiro atoms. The van der Waals surface area contributed by atoms with Crippen LogP contribution in [0, 0.1) is 29.1 Å². The Morgan fingerprint density at radius 3 is 1.69 bits per heavy atom. The summed E-state index contributed by atoms with van der Waals surface area (Å²) in [6.45, 7) is 0. The average Bonchev–Trinajstić information content (AvgIpc) is 3.57. The number of aromatic nitrogens is 3. The van der Waals surface area contributed by atoms with Crippen LogP contribution in [0.5, 0.6) is 0 Å². The molecule has 4 nitrogen and oxygen atoms in total. The van der Waals surface area contributed by atoms with Crippen LogP contribution in [0.15, 0.2) is 146 Å². The largest absolute Gasteiger partial charge is 0.208 e. The van der Waals surface area contributed by atoms with Gasteiger partial charge < -0.3 is 0 Å². The molecule has 55 heavy (non-hydrogen) atoms. The highest BCUT2D eigenvalue weighted by atomic mass is 15.0. The standard InChI is InChI=1S/C51H40N4/c52-31-32-14-23-44-46(27-32)42-11-5-6-12-43(42)47(44)37-15-17-39(18-16-37)49-53-48(38-8-2-1-3-9-38)54-50(55-49)45-13-7-4-10-41(45)36-19-21-40(22-20-36)51-28-33-24-34(29-51)26-35(25-33)30-51/h1-23,27,33-35,47H,24-26,28-30H2/t33-,34+,35-,47?,51?. The molecule has 0 aliphatic heterocycles. The summed E-state index contributed by atoms with van der Waals surface area (Å²) >= 11 is 0. The molecule has 1 aromatic heterocycles. The molecule has 7 aromatic rings. The molecule has 6 aromatic carbocycles. The minimum atomic E-state index is 0.0861.